The number of amides is 2. The molecular formula is C24H40N4O5. The molecule has 0 heterocycles. The second-order valence-corrected chi connectivity index (χ2v) is 7.44. The van der Waals surface area contributed by atoms with E-state index >= 15 is 0 Å². The lowest BCUT2D eigenvalue weighted by molar-refractivity contribution is -0.124. The molecule has 0 aromatic heterocycles. The average Bonchev–Trinajstić information content (AvgIpc) is 2.81. The van der Waals surface area contributed by atoms with Gasteiger partial charge in [0.1, 0.15) is 0 Å². The smallest absolute Gasteiger partial charge is 0.224 e. The Morgan fingerprint density at radius 1 is 0.909 bits per heavy atom. The van der Waals surface area contributed by atoms with Crippen LogP contribution in [0.2, 0.25) is 0 Å². The number of unbranched alkanes of at least 4 members (excludes halogenated alkanes) is 1. The zero-order valence-electron chi connectivity index (χ0n) is 20.3. The molecule has 0 atom stereocenters. The van der Waals surface area contributed by atoms with E-state index < -0.39 is 0 Å². The molecule has 186 valence electrons. The number of carbonyl (C=O) groups excluding carboxylic acids is 2. The summed E-state index contributed by atoms with van der Waals surface area (Å²) in [6, 6.07) is 7.42. The zero-order chi connectivity index (χ0) is 24.2. The van der Waals surface area contributed by atoms with Crippen LogP contribution < -0.4 is 16.1 Å². The Balaban J connectivity index is 2.04. The van der Waals surface area contributed by atoms with E-state index in [4.69, 9.17) is 14.2 Å². The molecule has 0 radical (unpaired) electrons. The number of anilines is 1. The molecule has 9 heteroatoms. The van der Waals surface area contributed by atoms with Gasteiger partial charge in [-0.3, -0.25) is 9.59 Å². The lowest BCUT2D eigenvalue weighted by Crippen LogP contribution is -2.26. The van der Waals surface area contributed by atoms with Crippen LogP contribution in [0.4, 0.5) is 5.69 Å². The van der Waals surface area contributed by atoms with Crippen LogP contribution in [-0.4, -0.2) is 70.8 Å². The van der Waals surface area contributed by atoms with Gasteiger partial charge in [-0.25, -0.2) is 0 Å². The fraction of sp³-hybridized carbons (Fsp3) is 0.625. The van der Waals surface area contributed by atoms with Gasteiger partial charge in [-0.15, -0.1) is 0 Å². The molecule has 33 heavy (non-hydrogen) atoms. The number of hydrogen-bond donors (Lipinski definition) is 3. The Bertz CT molecular complexity index is 712. The highest BCUT2D eigenvalue weighted by atomic mass is 16.5. The van der Waals surface area contributed by atoms with Gasteiger partial charge in [0.15, 0.2) is 0 Å². The predicted molar refractivity (Wildman–Crippen MR) is 131 cm³/mol. The summed E-state index contributed by atoms with van der Waals surface area (Å²) in [5.74, 6) is -0.355. The lowest BCUT2D eigenvalue weighted by atomic mass is 10.1. The molecule has 1 aromatic rings. The third-order valence-corrected chi connectivity index (χ3v) is 4.60. The van der Waals surface area contributed by atoms with Crippen LogP contribution in [0.15, 0.2) is 29.4 Å². The first-order chi connectivity index (χ1) is 16.1. The first-order valence-corrected chi connectivity index (χ1v) is 11.7. The molecule has 0 saturated heterocycles. The van der Waals surface area contributed by atoms with Gasteiger partial charge in [0.05, 0.1) is 32.1 Å². The number of nitrogens with one attached hydrogen (secondary N) is 3. The summed E-state index contributed by atoms with van der Waals surface area (Å²) in [6.45, 7) is 8.09. The second kappa shape index (κ2) is 19.0. The molecular weight excluding hydrogens is 424 g/mol. The highest BCUT2D eigenvalue weighted by molar-refractivity contribution is 6.00. The number of nitrogens with zero attached hydrogens (tertiary/aromatic N) is 1. The van der Waals surface area contributed by atoms with Crippen molar-refractivity contribution in [3.05, 3.63) is 29.8 Å². The van der Waals surface area contributed by atoms with E-state index in [-0.39, 0.29) is 24.7 Å². The summed E-state index contributed by atoms with van der Waals surface area (Å²) < 4.78 is 16.3. The second-order valence-electron chi connectivity index (χ2n) is 7.44. The van der Waals surface area contributed by atoms with E-state index in [0.717, 1.165) is 30.7 Å². The van der Waals surface area contributed by atoms with Crippen LogP contribution in [0.3, 0.4) is 0 Å². The van der Waals surface area contributed by atoms with E-state index in [1.54, 1.807) is 13.1 Å². The van der Waals surface area contributed by atoms with Crippen LogP contribution in [0, 0.1) is 0 Å². The summed E-state index contributed by atoms with van der Waals surface area (Å²) in [5, 5.41) is 9.76. The fourth-order valence-corrected chi connectivity index (χ4v) is 2.78. The molecule has 0 fully saturated rings. The van der Waals surface area contributed by atoms with Gasteiger partial charge < -0.3 is 30.3 Å². The van der Waals surface area contributed by atoms with Gasteiger partial charge in [0.25, 0.3) is 0 Å². The van der Waals surface area contributed by atoms with Crippen molar-refractivity contribution in [1.29, 1.82) is 0 Å². The maximum absolute atomic E-state index is 12.1. The molecule has 2 amide bonds. The summed E-state index contributed by atoms with van der Waals surface area (Å²) in [7, 11) is 1.73. The topological polar surface area (TPSA) is 110 Å². The molecule has 0 aliphatic heterocycles. The third-order valence-electron chi connectivity index (χ3n) is 4.60. The summed E-state index contributed by atoms with van der Waals surface area (Å²) in [5.41, 5.74) is 5.14. The van der Waals surface area contributed by atoms with Crippen LogP contribution in [0.5, 0.6) is 0 Å². The van der Waals surface area contributed by atoms with Crippen molar-refractivity contribution in [3.63, 3.8) is 0 Å². The van der Waals surface area contributed by atoms with Gasteiger partial charge >= 0.3 is 0 Å². The van der Waals surface area contributed by atoms with Gasteiger partial charge in [-0.1, -0.05) is 25.5 Å². The molecule has 0 spiro atoms. The summed E-state index contributed by atoms with van der Waals surface area (Å²) in [4.78, 5) is 24.1. The minimum absolute atomic E-state index is 0.121. The van der Waals surface area contributed by atoms with E-state index in [9.17, 15) is 9.59 Å². The fourth-order valence-electron chi connectivity index (χ4n) is 2.78. The minimum atomic E-state index is -0.204. The molecule has 0 bridgehead atoms. The van der Waals surface area contributed by atoms with Crippen LogP contribution >= 0.6 is 0 Å². The molecule has 0 unspecified atom stereocenters. The Labute approximate surface area is 197 Å². The number of hydrazone groups is 1. The normalized spacial score (nSPS) is 11.3. The largest absolute Gasteiger partial charge is 0.379 e. The van der Waals surface area contributed by atoms with Crippen molar-refractivity contribution in [3.8, 4) is 0 Å². The van der Waals surface area contributed by atoms with Crippen molar-refractivity contribution in [2.24, 2.45) is 5.10 Å². The summed E-state index contributed by atoms with van der Waals surface area (Å²) >= 11 is 0. The van der Waals surface area contributed by atoms with Crippen molar-refractivity contribution >= 4 is 23.2 Å². The highest BCUT2D eigenvalue weighted by Crippen LogP contribution is 2.12. The average molecular weight is 465 g/mol. The Morgan fingerprint density at radius 3 is 2.21 bits per heavy atom. The van der Waals surface area contributed by atoms with E-state index in [1.165, 1.54) is 0 Å². The van der Waals surface area contributed by atoms with Crippen molar-refractivity contribution < 1.29 is 23.8 Å². The van der Waals surface area contributed by atoms with Crippen LogP contribution in [0.1, 0.15) is 51.5 Å². The predicted octanol–water partition coefficient (Wildman–Crippen LogP) is 2.70. The standard InChI is InChI=1S/C24H40N4O5/c1-4-5-13-31-15-17-33-18-16-32-14-7-12-26-23(29)10-11-24(30)27-22-9-6-8-21(19-22)20(2)28-25-3/h6,8-9,19,25H,4-5,7,10-18H2,1-3H3,(H,26,29)(H,27,30)/b28-20+. The number of ether oxygens (including phenoxy) is 3. The third kappa shape index (κ3) is 15.1. The maximum atomic E-state index is 12.1. The SMILES string of the molecule is CCCCOCCOCCOCCCNC(=O)CCC(=O)Nc1cccc(/C(C)=N/NC)c1. The molecule has 0 aliphatic rings. The first-order valence-electron chi connectivity index (χ1n) is 11.7. The summed E-state index contributed by atoms with van der Waals surface area (Å²) in [6.07, 6.45) is 3.18. The lowest BCUT2D eigenvalue weighted by Gasteiger charge is -2.09. The van der Waals surface area contributed by atoms with Crippen LogP contribution in [-0.2, 0) is 23.8 Å². The van der Waals surface area contributed by atoms with Gasteiger partial charge in [0.2, 0.25) is 11.8 Å². The molecule has 1 rings (SSSR count). The van der Waals surface area contributed by atoms with Crippen molar-refractivity contribution in [2.75, 3.05) is 58.6 Å². The first kappa shape index (κ1) is 28.5. The Kier molecular flexibility index (Phi) is 16.5. The van der Waals surface area contributed by atoms with Gasteiger partial charge in [-0.2, -0.15) is 5.10 Å². The molecule has 3 N–H and O–H groups in total. The zero-order valence-corrected chi connectivity index (χ0v) is 20.3. The van der Waals surface area contributed by atoms with E-state index in [2.05, 4.69) is 28.1 Å². The molecule has 9 nitrogen and oxygen atoms in total. The van der Waals surface area contributed by atoms with Crippen LogP contribution in [0.25, 0.3) is 0 Å². The van der Waals surface area contributed by atoms with E-state index in [0.29, 0.717) is 51.7 Å². The molecule has 1 aromatic carbocycles. The Morgan fingerprint density at radius 2 is 1.55 bits per heavy atom. The highest BCUT2D eigenvalue weighted by Gasteiger charge is 2.08. The van der Waals surface area contributed by atoms with E-state index in [1.807, 2.05) is 25.1 Å². The van der Waals surface area contributed by atoms with Crippen molar-refractivity contribution in [1.82, 2.24) is 10.7 Å². The molecule has 0 aliphatic carbocycles. The minimum Gasteiger partial charge on any atom is -0.379 e. The number of rotatable bonds is 19. The quantitative estimate of drug-likeness (QED) is 0.165. The van der Waals surface area contributed by atoms with Gasteiger partial charge in [-0.05, 0) is 37.5 Å². The monoisotopic (exact) mass is 464 g/mol. The molecule has 0 saturated carbocycles. The maximum Gasteiger partial charge on any atom is 0.224 e. The number of benzene rings is 1. The van der Waals surface area contributed by atoms with Gasteiger partial charge in [0, 0.05) is 45.3 Å². The van der Waals surface area contributed by atoms with Crippen molar-refractivity contribution in [2.45, 2.75) is 46.0 Å². The Hall–Kier alpha value is -2.49. The number of hydrogen-bond acceptors (Lipinski definition) is 7. The number of carbonyl (C=O) groups is 2.